The predicted molar refractivity (Wildman–Crippen MR) is 92.2 cm³/mol. The van der Waals surface area contributed by atoms with Crippen LogP contribution in [0.2, 0.25) is 0 Å². The molecule has 0 amide bonds. The fourth-order valence-corrected chi connectivity index (χ4v) is 4.15. The van der Waals surface area contributed by atoms with Crippen molar-refractivity contribution < 1.29 is 4.79 Å². The number of ketones is 1. The maximum absolute atomic E-state index is 11.4. The van der Waals surface area contributed by atoms with Gasteiger partial charge >= 0.3 is 141 Å². The van der Waals surface area contributed by atoms with Crippen LogP contribution in [0.25, 0.3) is 0 Å². The molecule has 23 heavy (non-hydrogen) atoms. The van der Waals surface area contributed by atoms with Crippen molar-refractivity contribution in [3.63, 3.8) is 0 Å². The van der Waals surface area contributed by atoms with Crippen molar-refractivity contribution in [3.05, 3.63) is 30.1 Å². The van der Waals surface area contributed by atoms with Crippen LogP contribution < -0.4 is 25.0 Å². The van der Waals surface area contributed by atoms with E-state index in [0.29, 0.717) is 10.2 Å². The van der Waals surface area contributed by atoms with E-state index in [1.807, 2.05) is 12.3 Å². The van der Waals surface area contributed by atoms with E-state index in [9.17, 15) is 4.79 Å². The van der Waals surface area contributed by atoms with Crippen LogP contribution in [0, 0.1) is 0 Å². The number of pyridine rings is 1. The summed E-state index contributed by atoms with van der Waals surface area (Å²) in [6.45, 7) is 5.48. The fraction of sp³-hybridized carbons (Fsp3) is 0.333. The minimum atomic E-state index is -0.757. The van der Waals surface area contributed by atoms with Crippen LogP contribution in [0.5, 0.6) is 0 Å². The van der Waals surface area contributed by atoms with E-state index < -0.39 is 15.8 Å². The fourth-order valence-electron chi connectivity index (χ4n) is 2.41. The Kier molecular flexibility index (Phi) is 4.88. The topological polar surface area (TPSA) is 97.0 Å². The van der Waals surface area contributed by atoms with Gasteiger partial charge in [0.05, 0.1) is 0 Å². The second-order valence-electron chi connectivity index (χ2n) is 5.31. The Morgan fingerprint density at radius 2 is 2.04 bits per heavy atom. The zero-order chi connectivity index (χ0) is 16.2. The number of rotatable bonds is 4. The number of Topliss-reactive ketones (excluding diaryl/α,β-unsaturated/α-hetero) is 1. The molecule has 1 aliphatic rings. The van der Waals surface area contributed by atoms with Gasteiger partial charge in [-0.3, -0.25) is 0 Å². The summed E-state index contributed by atoms with van der Waals surface area (Å²) in [4.78, 5) is 26.7. The van der Waals surface area contributed by atoms with Crippen LogP contribution in [0.15, 0.2) is 24.5 Å². The Labute approximate surface area is 141 Å². The third-order valence-corrected chi connectivity index (χ3v) is 5.80. The molecule has 7 nitrogen and oxygen atoms in total. The van der Waals surface area contributed by atoms with Gasteiger partial charge in [-0.05, 0) is 0 Å². The molecule has 0 spiro atoms. The third kappa shape index (κ3) is 3.86. The van der Waals surface area contributed by atoms with Crippen molar-refractivity contribution in [1.82, 2.24) is 20.3 Å². The van der Waals surface area contributed by atoms with Crippen LogP contribution in [0.1, 0.15) is 17.3 Å². The summed E-state index contributed by atoms with van der Waals surface area (Å²) in [6, 6.07) is 4.14. The second kappa shape index (κ2) is 7.06. The average Bonchev–Trinajstić information content (AvgIpc) is 2.56. The zero-order valence-electron chi connectivity index (χ0n) is 12.9. The van der Waals surface area contributed by atoms with Crippen molar-refractivity contribution in [2.45, 2.75) is 6.92 Å². The summed E-state index contributed by atoms with van der Waals surface area (Å²) in [7, 11) is 0. The van der Waals surface area contributed by atoms with Gasteiger partial charge in [0.15, 0.2) is 0 Å². The molecule has 1 unspecified atom stereocenters. The summed E-state index contributed by atoms with van der Waals surface area (Å²) in [5, 5.41) is 3.34. The van der Waals surface area contributed by atoms with Gasteiger partial charge < -0.3 is 0 Å². The summed E-state index contributed by atoms with van der Waals surface area (Å²) in [5.74, 6) is 0.135. The molecule has 0 saturated carbocycles. The monoisotopic (exact) mass is 374 g/mol. The van der Waals surface area contributed by atoms with Crippen LogP contribution >= 0.6 is 0 Å². The number of nitrogens with two attached hydrogens (primary N) is 1. The standard InChI is InChI=1S/C15H19AsN6O/c1-10(23)12-9-20-15(21-14(12)17)16-13-3-2-11(8-19-13)22-6-4-18-5-7-22/h2-3,8-9,16,18H,4-7H2,1H3,(H2,17,20,21). The van der Waals surface area contributed by atoms with E-state index in [4.69, 9.17) is 5.73 Å². The number of nitrogens with one attached hydrogen (secondary N) is 1. The number of nitrogen functional groups attached to an aromatic ring is 1. The Hall–Kier alpha value is -1.98. The normalized spacial score (nSPS) is 15.3. The number of hydrogen-bond acceptors (Lipinski definition) is 7. The number of hydrogen-bond donors (Lipinski definition) is 2. The molecule has 0 bridgehead atoms. The molecule has 0 aromatic carbocycles. The molecule has 3 rings (SSSR count). The van der Waals surface area contributed by atoms with E-state index in [1.54, 1.807) is 0 Å². The molecular weight excluding hydrogens is 355 g/mol. The number of carbonyl (C=O) groups is 1. The quantitative estimate of drug-likeness (QED) is 0.494. The van der Waals surface area contributed by atoms with Gasteiger partial charge in [0.2, 0.25) is 0 Å². The van der Waals surface area contributed by atoms with Crippen LogP contribution in [0.4, 0.5) is 11.5 Å². The van der Waals surface area contributed by atoms with Gasteiger partial charge in [0.25, 0.3) is 0 Å². The Balaban J connectivity index is 1.70. The Morgan fingerprint density at radius 3 is 2.65 bits per heavy atom. The van der Waals surface area contributed by atoms with Gasteiger partial charge in [-0.15, -0.1) is 0 Å². The van der Waals surface area contributed by atoms with E-state index in [-0.39, 0.29) is 11.6 Å². The third-order valence-electron chi connectivity index (χ3n) is 3.67. The molecule has 3 heterocycles. The Morgan fingerprint density at radius 1 is 1.26 bits per heavy atom. The Bertz CT molecular complexity index is 700. The minimum absolute atomic E-state index is 0.118. The van der Waals surface area contributed by atoms with Crippen molar-refractivity contribution >= 4 is 42.1 Å². The number of aromatic nitrogens is 3. The first-order valence-corrected chi connectivity index (χ1v) is 9.55. The van der Waals surface area contributed by atoms with E-state index in [0.717, 1.165) is 36.3 Å². The van der Waals surface area contributed by atoms with Crippen molar-refractivity contribution in [2.24, 2.45) is 0 Å². The van der Waals surface area contributed by atoms with E-state index >= 15 is 0 Å². The molecular formula is C15H19AsN6O. The summed E-state index contributed by atoms with van der Waals surface area (Å²) in [6.07, 6.45) is 3.43. The van der Waals surface area contributed by atoms with Crippen molar-refractivity contribution in [3.8, 4) is 0 Å². The summed E-state index contributed by atoms with van der Waals surface area (Å²) >= 11 is -0.757. The number of piperazine rings is 1. The van der Waals surface area contributed by atoms with Gasteiger partial charge in [-0.25, -0.2) is 0 Å². The van der Waals surface area contributed by atoms with Crippen LogP contribution in [-0.4, -0.2) is 62.7 Å². The number of anilines is 2. The van der Waals surface area contributed by atoms with Gasteiger partial charge in [0.1, 0.15) is 0 Å². The zero-order valence-corrected chi connectivity index (χ0v) is 15.0. The first kappa shape index (κ1) is 15.9. The SMILES string of the molecule is CC(=O)c1cnc([AsH]c2ccc(N3CCNCC3)cn2)nc1N. The predicted octanol–water partition coefficient (Wildman–Crippen LogP) is -1.55. The molecule has 1 saturated heterocycles. The second-order valence-corrected chi connectivity index (χ2v) is 7.85. The van der Waals surface area contributed by atoms with Gasteiger partial charge in [-0.2, -0.15) is 0 Å². The number of nitrogens with zero attached hydrogens (tertiary/aromatic N) is 4. The van der Waals surface area contributed by atoms with Gasteiger partial charge in [0, 0.05) is 0 Å². The van der Waals surface area contributed by atoms with Gasteiger partial charge in [-0.1, -0.05) is 0 Å². The average molecular weight is 374 g/mol. The molecule has 1 aliphatic heterocycles. The summed E-state index contributed by atoms with van der Waals surface area (Å²) < 4.78 is 1.69. The molecule has 2 aromatic heterocycles. The van der Waals surface area contributed by atoms with E-state index in [2.05, 4.69) is 31.2 Å². The maximum atomic E-state index is 11.4. The van der Waals surface area contributed by atoms with E-state index in [1.165, 1.54) is 13.1 Å². The molecule has 0 aliphatic carbocycles. The summed E-state index contributed by atoms with van der Waals surface area (Å²) in [5.41, 5.74) is 7.34. The van der Waals surface area contributed by atoms with Crippen LogP contribution in [-0.2, 0) is 0 Å². The molecule has 3 N–H and O–H groups in total. The molecule has 2 aromatic rings. The van der Waals surface area contributed by atoms with Crippen molar-refractivity contribution in [1.29, 1.82) is 0 Å². The molecule has 8 heteroatoms. The van der Waals surface area contributed by atoms with Crippen molar-refractivity contribution in [2.75, 3.05) is 36.8 Å². The van der Waals surface area contributed by atoms with Crippen LogP contribution in [0.3, 0.4) is 0 Å². The first-order valence-electron chi connectivity index (χ1n) is 7.45. The molecule has 1 atom stereocenters. The molecule has 120 valence electrons. The first-order chi connectivity index (χ1) is 11.1. The molecule has 0 radical (unpaired) electrons. The molecule has 1 fully saturated rings. The number of carbonyl (C=O) groups excluding carboxylic acids is 1.